The Morgan fingerprint density at radius 1 is 1.25 bits per heavy atom. The lowest BCUT2D eigenvalue weighted by molar-refractivity contribution is -0.113. The molecule has 12 heteroatoms. The van der Waals surface area contributed by atoms with Crippen LogP contribution in [0.15, 0.2) is 46.5 Å². The zero-order valence-corrected chi connectivity index (χ0v) is 20.2. The first-order chi connectivity index (χ1) is 15.1. The summed E-state index contributed by atoms with van der Waals surface area (Å²) in [5, 5.41) is 10.6. The Balaban J connectivity index is 1.69. The number of amides is 1. The van der Waals surface area contributed by atoms with Crippen molar-refractivity contribution >= 4 is 45.0 Å². The summed E-state index contributed by atoms with van der Waals surface area (Å²) in [7, 11) is 0.844. The fraction of sp³-hybridized carbons (Fsp3) is 0.250. The number of benzene rings is 2. The number of nitrogens with one attached hydrogen (secondary N) is 2. The molecule has 0 aliphatic rings. The van der Waals surface area contributed by atoms with Crippen LogP contribution in [0.3, 0.4) is 0 Å². The normalized spacial score (nSPS) is 11.6. The van der Waals surface area contributed by atoms with E-state index in [1.54, 1.807) is 38.3 Å². The third-order valence-corrected chi connectivity index (χ3v) is 7.37. The summed E-state index contributed by atoms with van der Waals surface area (Å²) in [5.74, 6) is 0.769. The monoisotopic (exact) mass is 495 g/mol. The van der Waals surface area contributed by atoms with Crippen molar-refractivity contribution in [1.29, 1.82) is 0 Å². The highest BCUT2D eigenvalue weighted by molar-refractivity contribution is 7.99. The van der Waals surface area contributed by atoms with Crippen LogP contribution in [0.4, 0.5) is 5.69 Å². The average Bonchev–Trinajstić information content (AvgIpc) is 3.22. The minimum atomic E-state index is -3.61. The third-order valence-electron chi connectivity index (χ3n) is 4.48. The number of aromatic nitrogens is 3. The van der Waals surface area contributed by atoms with Crippen molar-refractivity contribution in [3.63, 3.8) is 0 Å². The number of hydrogen-bond acceptors (Lipinski definition) is 7. The fourth-order valence-corrected chi connectivity index (χ4v) is 4.42. The molecule has 2 N–H and O–H groups in total. The molecule has 32 heavy (non-hydrogen) atoms. The lowest BCUT2D eigenvalue weighted by Crippen LogP contribution is -2.22. The number of carbonyl (C=O) groups is 1. The zero-order chi connectivity index (χ0) is 23.5. The van der Waals surface area contributed by atoms with E-state index in [0.717, 1.165) is 21.6 Å². The number of methoxy groups -OCH3 is 1. The van der Waals surface area contributed by atoms with Gasteiger partial charge >= 0.3 is 0 Å². The number of aryl methyl sites for hydroxylation is 1. The lowest BCUT2D eigenvalue weighted by Gasteiger charge is -2.14. The molecule has 0 saturated carbocycles. The largest absolute Gasteiger partial charge is 0.496 e. The summed E-state index contributed by atoms with van der Waals surface area (Å²) < 4.78 is 31.1. The number of halogens is 1. The molecule has 3 rings (SSSR count). The number of carbonyl (C=O) groups excluding carboxylic acids is 1. The van der Waals surface area contributed by atoms with Crippen LogP contribution in [-0.4, -0.2) is 60.8 Å². The maximum atomic E-state index is 12.5. The van der Waals surface area contributed by atoms with E-state index in [0.29, 0.717) is 33.0 Å². The zero-order valence-electron chi connectivity index (χ0n) is 17.8. The van der Waals surface area contributed by atoms with Crippen LogP contribution in [0.5, 0.6) is 5.75 Å². The number of rotatable bonds is 8. The Labute approximate surface area is 195 Å². The van der Waals surface area contributed by atoms with Crippen molar-refractivity contribution in [2.45, 2.75) is 17.0 Å². The molecule has 0 radical (unpaired) electrons. The quantitative estimate of drug-likeness (QED) is 0.460. The Morgan fingerprint density at radius 3 is 2.69 bits per heavy atom. The second-order valence-corrected chi connectivity index (χ2v) is 10.4. The second-order valence-electron chi connectivity index (χ2n) is 6.91. The molecule has 0 aliphatic carbocycles. The average molecular weight is 496 g/mol. The van der Waals surface area contributed by atoms with Crippen LogP contribution < -0.4 is 10.1 Å². The van der Waals surface area contributed by atoms with E-state index in [-0.39, 0.29) is 16.6 Å². The number of hydrogen-bond donors (Lipinski definition) is 2. The molecule has 1 aromatic heterocycles. The van der Waals surface area contributed by atoms with Gasteiger partial charge in [-0.05, 0) is 42.8 Å². The van der Waals surface area contributed by atoms with Gasteiger partial charge in [0.25, 0.3) is 0 Å². The van der Waals surface area contributed by atoms with Gasteiger partial charge in [0.05, 0.1) is 23.3 Å². The van der Waals surface area contributed by atoms with Crippen molar-refractivity contribution in [3.8, 4) is 17.1 Å². The van der Waals surface area contributed by atoms with Crippen molar-refractivity contribution in [3.05, 3.63) is 47.0 Å². The van der Waals surface area contributed by atoms with Crippen LogP contribution in [0.1, 0.15) is 5.56 Å². The van der Waals surface area contributed by atoms with Crippen LogP contribution in [-0.2, 0) is 14.8 Å². The lowest BCUT2D eigenvalue weighted by atomic mass is 10.2. The summed E-state index contributed by atoms with van der Waals surface area (Å²) >= 11 is 7.20. The Bertz CT molecular complexity index is 1240. The first kappa shape index (κ1) is 24.1. The van der Waals surface area contributed by atoms with Gasteiger partial charge in [-0.2, -0.15) is 0 Å². The number of aromatic amines is 1. The SMILES string of the molecule is COc1ccc(Cl)cc1-c1nc(SCC(=O)Nc2cc(S(=O)(=O)N(C)C)ccc2C)n[nH]1. The molecule has 170 valence electrons. The molecular formula is C20H22ClN5O4S2. The topological polar surface area (TPSA) is 117 Å². The fourth-order valence-electron chi connectivity index (χ4n) is 2.72. The molecule has 1 heterocycles. The van der Waals surface area contributed by atoms with Gasteiger partial charge in [-0.3, -0.25) is 9.89 Å². The molecule has 3 aromatic rings. The number of H-pyrrole nitrogens is 1. The maximum Gasteiger partial charge on any atom is 0.242 e. The van der Waals surface area contributed by atoms with Gasteiger partial charge in [0, 0.05) is 24.8 Å². The van der Waals surface area contributed by atoms with E-state index in [9.17, 15) is 13.2 Å². The summed E-state index contributed by atoms with van der Waals surface area (Å²) in [6.07, 6.45) is 0. The summed E-state index contributed by atoms with van der Waals surface area (Å²) in [6, 6.07) is 9.75. The highest BCUT2D eigenvalue weighted by Gasteiger charge is 2.19. The number of nitrogens with zero attached hydrogens (tertiary/aromatic N) is 3. The van der Waals surface area contributed by atoms with Gasteiger partial charge in [-0.1, -0.05) is 29.4 Å². The maximum absolute atomic E-state index is 12.5. The minimum absolute atomic E-state index is 0.0358. The number of sulfonamides is 1. The van der Waals surface area contributed by atoms with E-state index in [1.165, 1.54) is 26.2 Å². The smallest absolute Gasteiger partial charge is 0.242 e. The Kier molecular flexibility index (Phi) is 7.44. The second kappa shape index (κ2) is 9.90. The van der Waals surface area contributed by atoms with E-state index < -0.39 is 10.0 Å². The standard InChI is InChI=1S/C20H22ClN5O4S2/c1-12-5-7-14(32(28,29)26(2)3)10-16(12)22-18(27)11-31-20-23-19(24-25-20)15-9-13(21)6-8-17(15)30-4/h5-10H,11H2,1-4H3,(H,22,27)(H,23,24,25). The molecule has 1 amide bonds. The molecule has 0 saturated heterocycles. The molecule has 0 spiro atoms. The van der Waals surface area contributed by atoms with Gasteiger partial charge in [0.15, 0.2) is 5.82 Å². The third kappa shape index (κ3) is 5.41. The van der Waals surface area contributed by atoms with Crippen molar-refractivity contribution < 1.29 is 17.9 Å². The van der Waals surface area contributed by atoms with Crippen LogP contribution in [0, 0.1) is 6.92 Å². The predicted molar refractivity (Wildman–Crippen MR) is 125 cm³/mol. The molecule has 0 fully saturated rings. The Hall–Kier alpha value is -2.60. The van der Waals surface area contributed by atoms with Gasteiger partial charge in [0.2, 0.25) is 21.1 Å². The molecule has 0 unspecified atom stereocenters. The van der Waals surface area contributed by atoms with E-state index in [4.69, 9.17) is 16.3 Å². The highest BCUT2D eigenvalue weighted by Crippen LogP contribution is 2.31. The summed E-state index contributed by atoms with van der Waals surface area (Å²) in [4.78, 5) is 16.9. The molecule has 0 atom stereocenters. The van der Waals surface area contributed by atoms with Crippen LogP contribution >= 0.6 is 23.4 Å². The van der Waals surface area contributed by atoms with E-state index >= 15 is 0 Å². The molecule has 0 aliphatic heterocycles. The van der Waals surface area contributed by atoms with Gasteiger partial charge in [-0.15, -0.1) is 5.10 Å². The molecule has 9 nitrogen and oxygen atoms in total. The van der Waals surface area contributed by atoms with Gasteiger partial charge in [-0.25, -0.2) is 17.7 Å². The van der Waals surface area contributed by atoms with Crippen molar-refractivity contribution in [2.24, 2.45) is 0 Å². The molecule has 0 bridgehead atoms. The van der Waals surface area contributed by atoms with Gasteiger partial charge in [0.1, 0.15) is 5.75 Å². The number of anilines is 1. The predicted octanol–water partition coefficient (Wildman–Crippen LogP) is 3.42. The molecule has 2 aromatic carbocycles. The molecular weight excluding hydrogens is 474 g/mol. The minimum Gasteiger partial charge on any atom is -0.496 e. The Morgan fingerprint density at radius 2 is 2.00 bits per heavy atom. The van der Waals surface area contributed by atoms with E-state index in [2.05, 4.69) is 20.5 Å². The van der Waals surface area contributed by atoms with E-state index in [1.807, 2.05) is 0 Å². The number of thioether (sulfide) groups is 1. The first-order valence-electron chi connectivity index (χ1n) is 9.34. The van der Waals surface area contributed by atoms with Crippen molar-refractivity contribution in [1.82, 2.24) is 19.5 Å². The van der Waals surface area contributed by atoms with Crippen LogP contribution in [0.25, 0.3) is 11.4 Å². The van der Waals surface area contributed by atoms with Crippen molar-refractivity contribution in [2.75, 3.05) is 32.3 Å². The first-order valence-corrected chi connectivity index (χ1v) is 12.1. The summed E-state index contributed by atoms with van der Waals surface area (Å²) in [6.45, 7) is 1.79. The summed E-state index contributed by atoms with van der Waals surface area (Å²) in [5.41, 5.74) is 1.82. The van der Waals surface area contributed by atoms with Crippen LogP contribution in [0.2, 0.25) is 5.02 Å². The number of ether oxygens (including phenoxy) is 1. The van der Waals surface area contributed by atoms with Gasteiger partial charge < -0.3 is 10.1 Å². The highest BCUT2D eigenvalue weighted by atomic mass is 35.5.